The van der Waals surface area contributed by atoms with E-state index in [0.29, 0.717) is 32.1 Å². The van der Waals surface area contributed by atoms with Crippen molar-refractivity contribution in [2.45, 2.75) is 161 Å². The number of carbonyl (C=O) groups excluding carboxylic acids is 2. The second kappa shape index (κ2) is 15.6. The first-order chi connectivity index (χ1) is 19.4. The second-order valence-electron chi connectivity index (χ2n) is 12.6. The van der Waals surface area contributed by atoms with Gasteiger partial charge in [-0.05, 0) is 86.0 Å². The number of esters is 2. The predicted octanol–water partition coefficient (Wildman–Crippen LogP) is 4.43. The summed E-state index contributed by atoms with van der Waals surface area (Å²) in [6, 6.07) is 0. The molecule has 0 unspecified atom stereocenters. The van der Waals surface area contributed by atoms with Crippen molar-refractivity contribution >= 4 is 17.9 Å². The third-order valence-corrected chi connectivity index (χ3v) is 9.06. The van der Waals surface area contributed by atoms with E-state index in [1.807, 2.05) is 34.6 Å². The molecule has 0 aromatic heterocycles. The van der Waals surface area contributed by atoms with Gasteiger partial charge in [0.05, 0.1) is 60.5 Å². The first-order valence-electron chi connectivity index (χ1n) is 15.7. The van der Waals surface area contributed by atoms with Gasteiger partial charge in [0.2, 0.25) is 0 Å². The molecule has 236 valence electrons. The van der Waals surface area contributed by atoms with E-state index in [1.165, 1.54) is 0 Å². The number of aliphatic hydroxyl groups is 1. The van der Waals surface area contributed by atoms with Gasteiger partial charge in [-0.2, -0.15) is 0 Å². The van der Waals surface area contributed by atoms with Gasteiger partial charge in [0, 0.05) is 12.8 Å². The minimum Gasteiger partial charge on any atom is -0.481 e. The van der Waals surface area contributed by atoms with Crippen LogP contribution in [0.15, 0.2) is 0 Å². The van der Waals surface area contributed by atoms with Crippen LogP contribution in [0.1, 0.15) is 106 Å². The molecule has 3 heterocycles. The number of hydrogen-bond acceptors (Lipinski definition) is 9. The lowest BCUT2D eigenvalue weighted by molar-refractivity contribution is -0.160. The highest BCUT2D eigenvalue weighted by atomic mass is 16.6. The van der Waals surface area contributed by atoms with Crippen molar-refractivity contribution in [3.63, 3.8) is 0 Å². The normalized spacial score (nSPS) is 32.6. The van der Waals surface area contributed by atoms with Gasteiger partial charge >= 0.3 is 17.9 Å². The molecule has 0 aromatic rings. The Hall–Kier alpha value is -1.75. The fraction of sp³-hybridized carbons (Fsp3) is 0.903. The summed E-state index contributed by atoms with van der Waals surface area (Å²) in [5.41, 5.74) is 0. The van der Waals surface area contributed by atoms with E-state index >= 15 is 0 Å². The molecule has 3 rings (SSSR count). The Bertz CT molecular complexity index is 864. The summed E-state index contributed by atoms with van der Waals surface area (Å²) in [4.78, 5) is 36.8. The highest BCUT2D eigenvalue weighted by Crippen LogP contribution is 2.32. The van der Waals surface area contributed by atoms with Crippen LogP contribution in [0, 0.1) is 17.8 Å². The van der Waals surface area contributed by atoms with E-state index in [2.05, 4.69) is 0 Å². The summed E-state index contributed by atoms with van der Waals surface area (Å²) in [7, 11) is 0. The summed E-state index contributed by atoms with van der Waals surface area (Å²) < 4.78 is 29.5. The van der Waals surface area contributed by atoms with Crippen LogP contribution in [0.2, 0.25) is 0 Å². The Morgan fingerprint density at radius 3 is 1.39 bits per heavy atom. The maximum absolute atomic E-state index is 12.8. The summed E-state index contributed by atoms with van der Waals surface area (Å²) in [6.45, 7) is 11.0. The zero-order chi connectivity index (χ0) is 30.3. The molecule has 3 saturated heterocycles. The minimum absolute atomic E-state index is 0.0147. The van der Waals surface area contributed by atoms with Crippen LogP contribution in [-0.4, -0.2) is 83.1 Å². The van der Waals surface area contributed by atoms with Gasteiger partial charge in [-0.3, -0.25) is 14.4 Å². The third kappa shape index (κ3) is 9.90. The van der Waals surface area contributed by atoms with Crippen molar-refractivity contribution in [1.82, 2.24) is 0 Å². The lowest BCUT2D eigenvalue weighted by Gasteiger charge is -2.25. The topological polar surface area (TPSA) is 138 Å². The summed E-state index contributed by atoms with van der Waals surface area (Å²) in [5.74, 6) is -2.82. The summed E-state index contributed by atoms with van der Waals surface area (Å²) in [6.07, 6.45) is 4.92. The molecule has 41 heavy (non-hydrogen) atoms. The van der Waals surface area contributed by atoms with Gasteiger partial charge in [0.1, 0.15) is 12.2 Å². The van der Waals surface area contributed by atoms with Crippen molar-refractivity contribution in [2.75, 3.05) is 0 Å². The lowest BCUT2D eigenvalue weighted by atomic mass is 10.0. The number of aliphatic hydroxyl groups excluding tert-OH is 1. The molecule has 0 aliphatic carbocycles. The molecule has 10 heteroatoms. The Kier molecular flexibility index (Phi) is 12.9. The SMILES string of the molecule is CC[C@@H](O)C[C@@H]1CC[C@H]([C@@H](C)C(=O)O[C@@H](C)C[C@@H]2CC[C@H]([C@@H](C)C(=O)O[C@@H](C)C[C@@H]3CC[C@H]([C@@H](C)C(=O)O)O3)O2)O1. The van der Waals surface area contributed by atoms with Gasteiger partial charge < -0.3 is 33.9 Å². The molecule has 0 bridgehead atoms. The molecular formula is C31H52O10. The van der Waals surface area contributed by atoms with Gasteiger partial charge in [-0.1, -0.05) is 6.92 Å². The van der Waals surface area contributed by atoms with Crippen molar-refractivity contribution in [3.8, 4) is 0 Å². The Morgan fingerprint density at radius 2 is 1.02 bits per heavy atom. The van der Waals surface area contributed by atoms with Crippen LogP contribution in [0.5, 0.6) is 0 Å². The standard InChI is InChI=1S/C31H52O10/c1-7-22(32)16-25-10-13-28(41-25)21(6)31(36)38-18(3)15-24-9-12-27(40-24)20(5)30(35)37-17(2)14-23-8-11-26(39-23)19(4)29(33)34/h17-28,32H,7-16H2,1-6H3,(H,33,34)/t17-,18-,19+,20+,21+,22+,23-,24-,25-,26+,27+,28+/m0/s1. The molecule has 3 aliphatic heterocycles. The van der Waals surface area contributed by atoms with Crippen LogP contribution in [-0.2, 0) is 38.1 Å². The quantitative estimate of drug-likeness (QED) is 0.266. The molecule has 0 spiro atoms. The molecule has 2 N–H and O–H groups in total. The maximum Gasteiger partial charge on any atom is 0.311 e. The molecule has 3 fully saturated rings. The van der Waals surface area contributed by atoms with Gasteiger partial charge in [-0.15, -0.1) is 0 Å². The number of carbonyl (C=O) groups is 3. The van der Waals surface area contributed by atoms with Crippen molar-refractivity contribution in [2.24, 2.45) is 17.8 Å². The highest BCUT2D eigenvalue weighted by Gasteiger charge is 2.38. The Morgan fingerprint density at radius 1 is 0.659 bits per heavy atom. The molecule has 0 aromatic carbocycles. The van der Waals surface area contributed by atoms with Crippen molar-refractivity contribution < 1.29 is 48.3 Å². The van der Waals surface area contributed by atoms with Crippen LogP contribution in [0.25, 0.3) is 0 Å². The van der Waals surface area contributed by atoms with Crippen LogP contribution < -0.4 is 0 Å². The third-order valence-electron chi connectivity index (χ3n) is 9.06. The number of hydrogen-bond donors (Lipinski definition) is 2. The fourth-order valence-corrected chi connectivity index (χ4v) is 6.20. The summed E-state index contributed by atoms with van der Waals surface area (Å²) >= 11 is 0. The van der Waals surface area contributed by atoms with Crippen LogP contribution in [0.3, 0.4) is 0 Å². The van der Waals surface area contributed by atoms with Crippen LogP contribution >= 0.6 is 0 Å². The molecule has 10 nitrogen and oxygen atoms in total. The smallest absolute Gasteiger partial charge is 0.311 e. The largest absolute Gasteiger partial charge is 0.481 e. The van der Waals surface area contributed by atoms with E-state index in [-0.39, 0.29) is 72.8 Å². The first-order valence-corrected chi connectivity index (χ1v) is 15.7. The lowest BCUT2D eigenvalue weighted by Crippen LogP contribution is -2.33. The van der Waals surface area contributed by atoms with Gasteiger partial charge in [-0.25, -0.2) is 0 Å². The van der Waals surface area contributed by atoms with E-state index in [0.717, 1.165) is 32.1 Å². The molecule has 12 atom stereocenters. The molecule has 0 amide bonds. The average molecular weight is 585 g/mol. The van der Waals surface area contributed by atoms with E-state index in [9.17, 15) is 24.6 Å². The molecule has 0 saturated carbocycles. The second-order valence-corrected chi connectivity index (χ2v) is 12.6. The van der Waals surface area contributed by atoms with E-state index < -0.39 is 17.8 Å². The predicted molar refractivity (Wildman–Crippen MR) is 150 cm³/mol. The number of ether oxygens (including phenoxy) is 5. The van der Waals surface area contributed by atoms with E-state index in [1.54, 1.807) is 6.92 Å². The van der Waals surface area contributed by atoms with E-state index in [4.69, 9.17) is 23.7 Å². The molecule has 0 radical (unpaired) electrons. The van der Waals surface area contributed by atoms with Gasteiger partial charge in [0.25, 0.3) is 0 Å². The fourth-order valence-electron chi connectivity index (χ4n) is 6.20. The van der Waals surface area contributed by atoms with Crippen molar-refractivity contribution in [1.29, 1.82) is 0 Å². The van der Waals surface area contributed by atoms with Crippen LogP contribution in [0.4, 0.5) is 0 Å². The Balaban J connectivity index is 1.35. The molecular weight excluding hydrogens is 532 g/mol. The number of aliphatic carboxylic acids is 1. The highest BCUT2D eigenvalue weighted by molar-refractivity contribution is 5.73. The number of carboxylic acid groups (broad SMARTS) is 1. The van der Waals surface area contributed by atoms with Crippen molar-refractivity contribution in [3.05, 3.63) is 0 Å². The molecule has 3 aliphatic rings. The zero-order valence-corrected chi connectivity index (χ0v) is 25.7. The van der Waals surface area contributed by atoms with Gasteiger partial charge in [0.15, 0.2) is 0 Å². The first kappa shape index (κ1) is 33.7. The number of carboxylic acids is 1. The Labute approximate surface area is 244 Å². The number of rotatable bonds is 15. The minimum atomic E-state index is -0.863. The monoisotopic (exact) mass is 584 g/mol. The average Bonchev–Trinajstić information content (AvgIpc) is 3.68. The summed E-state index contributed by atoms with van der Waals surface area (Å²) in [5, 5.41) is 19.1. The maximum atomic E-state index is 12.8. The zero-order valence-electron chi connectivity index (χ0n) is 25.7.